The number of nitrogens with zero attached hydrogens (tertiary/aromatic N) is 1. The summed E-state index contributed by atoms with van der Waals surface area (Å²) in [5.74, 6) is -0.550. The predicted molar refractivity (Wildman–Crippen MR) is 40.3 cm³/mol. The van der Waals surface area contributed by atoms with E-state index in [-0.39, 0.29) is 12.5 Å². The molecule has 0 atom stereocenters. The number of urea groups is 1. The van der Waals surface area contributed by atoms with E-state index in [0.29, 0.717) is 0 Å². The third-order valence-electron chi connectivity index (χ3n) is 1.06. The van der Waals surface area contributed by atoms with Crippen molar-refractivity contribution in [2.24, 2.45) is 10.8 Å². The zero-order valence-electron chi connectivity index (χ0n) is 6.11. The van der Waals surface area contributed by atoms with E-state index in [1.54, 1.807) is 6.08 Å². The fourth-order valence-corrected chi connectivity index (χ4v) is 0.618. The Hall–Kier alpha value is -1.85. The molecule has 1 heterocycles. The van der Waals surface area contributed by atoms with Crippen LogP contribution in [0.1, 0.15) is 0 Å². The van der Waals surface area contributed by atoms with Crippen molar-refractivity contribution in [2.45, 2.75) is 0 Å². The standard InChI is InChI=1S/C6H7N3O3/c7-6(11)9-8-5-4(10)2-1-3-12-5/h1-2H,3H2,(H3,7,9,11). The van der Waals surface area contributed by atoms with Gasteiger partial charge in [0.05, 0.1) is 0 Å². The number of hydrogen-bond donors (Lipinski definition) is 2. The molecule has 0 radical (unpaired) electrons. The maximum absolute atomic E-state index is 10.9. The Morgan fingerprint density at radius 3 is 3.08 bits per heavy atom. The van der Waals surface area contributed by atoms with Gasteiger partial charge < -0.3 is 10.5 Å². The lowest BCUT2D eigenvalue weighted by molar-refractivity contribution is -0.110. The lowest BCUT2D eigenvalue weighted by Gasteiger charge is -2.07. The number of carbonyl (C=O) groups is 2. The van der Waals surface area contributed by atoms with E-state index in [9.17, 15) is 9.59 Å². The minimum Gasteiger partial charge on any atom is -0.470 e. The van der Waals surface area contributed by atoms with Crippen molar-refractivity contribution < 1.29 is 14.3 Å². The van der Waals surface area contributed by atoms with Crippen LogP contribution in [0.3, 0.4) is 0 Å². The van der Waals surface area contributed by atoms with Crippen molar-refractivity contribution in [3.8, 4) is 0 Å². The molecule has 0 aromatic rings. The van der Waals surface area contributed by atoms with Crippen molar-refractivity contribution in [2.75, 3.05) is 6.61 Å². The number of amides is 2. The molecule has 0 saturated heterocycles. The van der Waals surface area contributed by atoms with E-state index in [4.69, 9.17) is 10.5 Å². The van der Waals surface area contributed by atoms with Crippen LogP contribution in [-0.2, 0) is 9.53 Å². The number of primary amides is 1. The first kappa shape index (κ1) is 8.25. The van der Waals surface area contributed by atoms with Crippen molar-refractivity contribution in [1.82, 2.24) is 5.43 Å². The summed E-state index contributed by atoms with van der Waals surface area (Å²) in [4.78, 5) is 21.0. The Kier molecular flexibility index (Phi) is 2.42. The molecule has 1 rings (SSSR count). The smallest absolute Gasteiger partial charge is 0.332 e. The number of ketones is 1. The van der Waals surface area contributed by atoms with Crippen molar-refractivity contribution in [1.29, 1.82) is 0 Å². The van der Waals surface area contributed by atoms with E-state index in [1.165, 1.54) is 6.08 Å². The lowest BCUT2D eigenvalue weighted by atomic mass is 10.3. The minimum absolute atomic E-state index is 0.156. The summed E-state index contributed by atoms with van der Waals surface area (Å²) in [6, 6.07) is -0.839. The topological polar surface area (TPSA) is 93.8 Å². The molecule has 6 heteroatoms. The lowest BCUT2D eigenvalue weighted by Crippen LogP contribution is -2.29. The largest absolute Gasteiger partial charge is 0.470 e. The molecule has 0 aromatic carbocycles. The van der Waals surface area contributed by atoms with Gasteiger partial charge in [0.25, 0.3) is 5.90 Å². The SMILES string of the molecule is NC(=O)NN=C1OCC=CC1=O. The molecule has 0 bridgehead atoms. The molecule has 12 heavy (non-hydrogen) atoms. The summed E-state index contributed by atoms with van der Waals surface area (Å²) in [5, 5.41) is 3.33. The highest BCUT2D eigenvalue weighted by Crippen LogP contribution is 1.94. The van der Waals surface area contributed by atoms with Gasteiger partial charge in [-0.2, -0.15) is 0 Å². The second-order valence-electron chi connectivity index (χ2n) is 1.97. The van der Waals surface area contributed by atoms with Crippen molar-refractivity contribution in [3.63, 3.8) is 0 Å². The van der Waals surface area contributed by atoms with Crippen LogP contribution in [0.15, 0.2) is 17.3 Å². The van der Waals surface area contributed by atoms with E-state index in [2.05, 4.69) is 5.10 Å². The summed E-state index contributed by atoms with van der Waals surface area (Å²) < 4.78 is 4.78. The second-order valence-corrected chi connectivity index (χ2v) is 1.97. The minimum atomic E-state index is -0.839. The molecule has 3 N–H and O–H groups in total. The van der Waals surface area contributed by atoms with Gasteiger partial charge in [-0.05, 0) is 12.2 Å². The summed E-state index contributed by atoms with van der Waals surface area (Å²) in [5.41, 5.74) is 6.61. The third-order valence-corrected chi connectivity index (χ3v) is 1.06. The molecule has 6 nitrogen and oxygen atoms in total. The van der Waals surface area contributed by atoms with Crippen LogP contribution < -0.4 is 11.2 Å². The van der Waals surface area contributed by atoms with Crippen LogP contribution >= 0.6 is 0 Å². The zero-order chi connectivity index (χ0) is 8.97. The summed E-state index contributed by atoms with van der Waals surface area (Å²) in [7, 11) is 0. The number of nitrogens with one attached hydrogen (secondary N) is 1. The second kappa shape index (κ2) is 3.51. The molecule has 0 saturated carbocycles. The number of hydrogen-bond acceptors (Lipinski definition) is 4. The fraction of sp³-hybridized carbons (Fsp3) is 0.167. The molecule has 1 aliphatic rings. The number of ether oxygens (including phenoxy) is 1. The first-order chi connectivity index (χ1) is 5.70. The number of hydrazone groups is 1. The number of carbonyl (C=O) groups excluding carboxylic acids is 2. The molecule has 0 spiro atoms. The highest BCUT2D eigenvalue weighted by molar-refractivity contribution is 6.41. The average molecular weight is 169 g/mol. The average Bonchev–Trinajstić information content (AvgIpc) is 2.03. The normalized spacial score (nSPS) is 19.0. The van der Waals surface area contributed by atoms with Gasteiger partial charge in [0, 0.05) is 0 Å². The maximum Gasteiger partial charge on any atom is 0.332 e. The molecule has 2 amide bonds. The van der Waals surface area contributed by atoms with Gasteiger partial charge in [0.2, 0.25) is 5.78 Å². The van der Waals surface area contributed by atoms with Crippen molar-refractivity contribution >= 4 is 17.7 Å². The molecule has 0 fully saturated rings. The van der Waals surface area contributed by atoms with Crippen LogP contribution in [0.2, 0.25) is 0 Å². The summed E-state index contributed by atoms with van der Waals surface area (Å²) in [6.45, 7) is 0.269. The predicted octanol–water partition coefficient (Wildman–Crippen LogP) is -0.876. The van der Waals surface area contributed by atoms with Crippen LogP contribution in [-0.4, -0.2) is 24.3 Å². The first-order valence-electron chi connectivity index (χ1n) is 3.17. The Morgan fingerprint density at radius 2 is 2.50 bits per heavy atom. The number of nitrogens with two attached hydrogens (primary N) is 1. The molecular weight excluding hydrogens is 162 g/mol. The third kappa shape index (κ3) is 2.08. The Morgan fingerprint density at radius 1 is 1.75 bits per heavy atom. The molecule has 0 aliphatic carbocycles. The van der Waals surface area contributed by atoms with Crippen LogP contribution in [0, 0.1) is 0 Å². The Bertz CT molecular complexity index is 269. The molecule has 0 aromatic heterocycles. The quantitative estimate of drug-likeness (QED) is 0.499. The molecule has 64 valence electrons. The van der Waals surface area contributed by atoms with Crippen molar-refractivity contribution in [3.05, 3.63) is 12.2 Å². The van der Waals surface area contributed by atoms with Crippen LogP contribution in [0.4, 0.5) is 4.79 Å². The Balaban J connectivity index is 2.62. The molecule has 0 unspecified atom stereocenters. The summed E-state index contributed by atoms with van der Waals surface area (Å²) in [6.07, 6.45) is 2.86. The fourth-order valence-electron chi connectivity index (χ4n) is 0.618. The molecular formula is C6H7N3O3. The highest BCUT2D eigenvalue weighted by Gasteiger charge is 2.13. The van der Waals surface area contributed by atoms with Crippen LogP contribution in [0.5, 0.6) is 0 Å². The van der Waals surface area contributed by atoms with E-state index in [0.717, 1.165) is 0 Å². The van der Waals surface area contributed by atoms with Gasteiger partial charge in [0.15, 0.2) is 0 Å². The van der Waals surface area contributed by atoms with E-state index < -0.39 is 11.8 Å². The van der Waals surface area contributed by atoms with Gasteiger partial charge in [-0.1, -0.05) is 0 Å². The van der Waals surface area contributed by atoms with Gasteiger partial charge in [-0.25, -0.2) is 10.2 Å². The van der Waals surface area contributed by atoms with Gasteiger partial charge in [-0.3, -0.25) is 4.79 Å². The summed E-state index contributed by atoms with van der Waals surface area (Å²) >= 11 is 0. The zero-order valence-corrected chi connectivity index (χ0v) is 6.11. The van der Waals surface area contributed by atoms with Gasteiger partial charge in [0.1, 0.15) is 6.61 Å². The highest BCUT2D eigenvalue weighted by atomic mass is 16.5. The monoisotopic (exact) mass is 169 g/mol. The maximum atomic E-state index is 10.9. The van der Waals surface area contributed by atoms with Gasteiger partial charge >= 0.3 is 6.03 Å². The Labute approximate surface area is 68.1 Å². The first-order valence-corrected chi connectivity index (χ1v) is 3.17. The van der Waals surface area contributed by atoms with E-state index >= 15 is 0 Å². The van der Waals surface area contributed by atoms with Gasteiger partial charge in [-0.15, -0.1) is 5.10 Å². The van der Waals surface area contributed by atoms with E-state index in [1.807, 2.05) is 5.43 Å². The van der Waals surface area contributed by atoms with Crippen LogP contribution in [0.25, 0.3) is 0 Å². The number of rotatable bonds is 1. The molecule has 1 aliphatic heterocycles.